The molecule has 2 aromatic rings. The summed E-state index contributed by atoms with van der Waals surface area (Å²) in [4.78, 5) is 23.6. The average Bonchev–Trinajstić information content (AvgIpc) is 2.52. The molecule has 2 rings (SSSR count). The maximum absolute atomic E-state index is 12.4. The van der Waals surface area contributed by atoms with Crippen LogP contribution in [0.25, 0.3) is 0 Å². The Labute approximate surface area is 138 Å². The van der Waals surface area contributed by atoms with Crippen LogP contribution in [0.1, 0.15) is 26.3 Å². The Morgan fingerprint density at radius 1 is 0.913 bits per heavy atom. The summed E-state index contributed by atoms with van der Waals surface area (Å²) in [5, 5.41) is 0. The molecule has 120 valence electrons. The first kappa shape index (κ1) is 17.2. The summed E-state index contributed by atoms with van der Waals surface area (Å²) in [6.45, 7) is -0.485. The van der Waals surface area contributed by atoms with Gasteiger partial charge >= 0.3 is 12.1 Å². The lowest BCUT2D eigenvalue weighted by atomic mass is 10.1. The molecule has 0 unspecified atom stereocenters. The SMILES string of the molecule is O=C(COC(=O)c1ccc(C(F)(F)F)cc1)c1ccc(Br)cc1. The number of halogens is 4. The first-order valence-electron chi connectivity index (χ1n) is 6.40. The van der Waals surface area contributed by atoms with Gasteiger partial charge in [-0.05, 0) is 36.4 Å². The fraction of sp³-hybridized carbons (Fsp3) is 0.125. The number of Topliss-reactive ketones (excluding diaryl/α,β-unsaturated/α-hetero) is 1. The van der Waals surface area contributed by atoms with E-state index in [0.717, 1.165) is 28.7 Å². The largest absolute Gasteiger partial charge is 0.454 e. The molecule has 0 amide bonds. The Kier molecular flexibility index (Phi) is 5.20. The zero-order valence-electron chi connectivity index (χ0n) is 11.6. The van der Waals surface area contributed by atoms with Gasteiger partial charge in [-0.25, -0.2) is 4.79 Å². The maximum atomic E-state index is 12.4. The van der Waals surface area contributed by atoms with Crippen LogP contribution in [0.4, 0.5) is 13.2 Å². The quantitative estimate of drug-likeness (QED) is 0.573. The third-order valence-electron chi connectivity index (χ3n) is 2.95. The van der Waals surface area contributed by atoms with Crippen LogP contribution >= 0.6 is 15.9 Å². The fourth-order valence-corrected chi connectivity index (χ4v) is 1.99. The van der Waals surface area contributed by atoms with Crippen molar-refractivity contribution in [3.63, 3.8) is 0 Å². The zero-order chi connectivity index (χ0) is 17.0. The number of rotatable bonds is 4. The Morgan fingerprint density at radius 2 is 1.43 bits per heavy atom. The number of esters is 1. The summed E-state index contributed by atoms with van der Waals surface area (Å²) in [6, 6.07) is 10.1. The molecular formula is C16H10BrF3O3. The molecule has 0 aliphatic heterocycles. The highest BCUT2D eigenvalue weighted by molar-refractivity contribution is 9.10. The van der Waals surface area contributed by atoms with E-state index in [1.165, 1.54) is 0 Å². The molecule has 0 aromatic heterocycles. The van der Waals surface area contributed by atoms with Gasteiger partial charge in [-0.15, -0.1) is 0 Å². The normalized spacial score (nSPS) is 11.1. The number of ketones is 1. The summed E-state index contributed by atoms with van der Waals surface area (Å²) in [5.41, 5.74) is -0.546. The van der Waals surface area contributed by atoms with Crippen molar-refractivity contribution in [1.29, 1.82) is 0 Å². The minimum atomic E-state index is -4.47. The van der Waals surface area contributed by atoms with Gasteiger partial charge in [0.1, 0.15) is 0 Å². The van der Waals surface area contributed by atoms with Gasteiger partial charge in [-0.3, -0.25) is 4.79 Å². The minimum Gasteiger partial charge on any atom is -0.454 e. The molecule has 0 saturated heterocycles. The molecular weight excluding hydrogens is 377 g/mol. The molecule has 0 N–H and O–H groups in total. The van der Waals surface area contributed by atoms with Crippen molar-refractivity contribution in [2.75, 3.05) is 6.61 Å². The van der Waals surface area contributed by atoms with Crippen molar-refractivity contribution in [3.8, 4) is 0 Å². The van der Waals surface area contributed by atoms with Crippen LogP contribution in [0.2, 0.25) is 0 Å². The molecule has 2 aromatic carbocycles. The van der Waals surface area contributed by atoms with E-state index >= 15 is 0 Å². The first-order valence-corrected chi connectivity index (χ1v) is 7.20. The number of benzene rings is 2. The predicted molar refractivity (Wildman–Crippen MR) is 80.2 cm³/mol. The zero-order valence-corrected chi connectivity index (χ0v) is 13.1. The molecule has 3 nitrogen and oxygen atoms in total. The van der Waals surface area contributed by atoms with Gasteiger partial charge in [0, 0.05) is 10.0 Å². The molecule has 0 heterocycles. The van der Waals surface area contributed by atoms with E-state index in [2.05, 4.69) is 15.9 Å². The van der Waals surface area contributed by atoms with Crippen molar-refractivity contribution in [3.05, 3.63) is 69.7 Å². The van der Waals surface area contributed by atoms with E-state index in [9.17, 15) is 22.8 Å². The average molecular weight is 387 g/mol. The van der Waals surface area contributed by atoms with Crippen molar-refractivity contribution in [2.45, 2.75) is 6.18 Å². The molecule has 23 heavy (non-hydrogen) atoms. The van der Waals surface area contributed by atoms with Crippen molar-refractivity contribution >= 4 is 27.7 Å². The summed E-state index contributed by atoms with van der Waals surface area (Å²) in [6.07, 6.45) is -4.47. The van der Waals surface area contributed by atoms with E-state index in [4.69, 9.17) is 4.74 Å². The molecule has 7 heteroatoms. The lowest BCUT2D eigenvalue weighted by Gasteiger charge is -2.08. The number of hydrogen-bond donors (Lipinski definition) is 0. The van der Waals surface area contributed by atoms with Crippen LogP contribution < -0.4 is 0 Å². The molecule has 0 radical (unpaired) electrons. The highest BCUT2D eigenvalue weighted by Gasteiger charge is 2.30. The number of carbonyl (C=O) groups is 2. The standard InChI is InChI=1S/C16H10BrF3O3/c17-13-7-3-10(4-8-13)14(21)9-23-15(22)11-1-5-12(6-2-11)16(18,19)20/h1-8H,9H2. The predicted octanol–water partition coefficient (Wildman–Crippen LogP) is 4.51. The Balaban J connectivity index is 1.97. The lowest BCUT2D eigenvalue weighted by Crippen LogP contribution is -2.14. The number of carbonyl (C=O) groups excluding carboxylic acids is 2. The van der Waals surface area contributed by atoms with Crippen LogP contribution in [0.3, 0.4) is 0 Å². The number of alkyl halides is 3. The van der Waals surface area contributed by atoms with Crippen LogP contribution in [0.15, 0.2) is 53.0 Å². The smallest absolute Gasteiger partial charge is 0.416 e. The highest BCUT2D eigenvalue weighted by atomic mass is 79.9. The fourth-order valence-electron chi connectivity index (χ4n) is 1.73. The summed E-state index contributed by atoms with van der Waals surface area (Å²) < 4.78 is 42.9. The topological polar surface area (TPSA) is 43.4 Å². The van der Waals surface area contributed by atoms with Crippen molar-refractivity contribution < 1.29 is 27.5 Å². The van der Waals surface area contributed by atoms with E-state index in [0.29, 0.717) is 5.56 Å². The van der Waals surface area contributed by atoms with E-state index in [-0.39, 0.29) is 5.56 Å². The third-order valence-corrected chi connectivity index (χ3v) is 3.48. The van der Waals surface area contributed by atoms with Gasteiger partial charge in [0.15, 0.2) is 12.4 Å². The summed E-state index contributed by atoms with van der Waals surface area (Å²) in [7, 11) is 0. The molecule has 0 saturated carbocycles. The number of ether oxygens (including phenoxy) is 1. The Morgan fingerprint density at radius 3 is 1.96 bits per heavy atom. The van der Waals surface area contributed by atoms with Gasteiger partial charge < -0.3 is 4.74 Å². The van der Waals surface area contributed by atoms with Gasteiger partial charge in [0.25, 0.3) is 0 Å². The van der Waals surface area contributed by atoms with E-state index in [1.54, 1.807) is 24.3 Å². The summed E-state index contributed by atoms with van der Waals surface area (Å²) >= 11 is 3.23. The van der Waals surface area contributed by atoms with Gasteiger partial charge in [0.05, 0.1) is 11.1 Å². The van der Waals surface area contributed by atoms with Crippen LogP contribution in [-0.4, -0.2) is 18.4 Å². The monoisotopic (exact) mass is 386 g/mol. The van der Waals surface area contributed by atoms with Gasteiger partial charge in [-0.2, -0.15) is 13.2 Å². The van der Waals surface area contributed by atoms with E-state index < -0.39 is 30.1 Å². The highest BCUT2D eigenvalue weighted by Crippen LogP contribution is 2.29. The van der Waals surface area contributed by atoms with Crippen LogP contribution in [0.5, 0.6) is 0 Å². The molecule has 0 atom stereocenters. The van der Waals surface area contributed by atoms with Gasteiger partial charge in [0.2, 0.25) is 0 Å². The van der Waals surface area contributed by atoms with Crippen molar-refractivity contribution in [1.82, 2.24) is 0 Å². The minimum absolute atomic E-state index is 0.0541. The second-order valence-corrected chi connectivity index (χ2v) is 5.50. The second kappa shape index (κ2) is 6.95. The molecule has 0 fully saturated rings. The molecule has 0 spiro atoms. The van der Waals surface area contributed by atoms with Crippen LogP contribution in [-0.2, 0) is 10.9 Å². The summed E-state index contributed by atoms with van der Waals surface area (Å²) in [5.74, 6) is -1.26. The third kappa shape index (κ3) is 4.66. The van der Waals surface area contributed by atoms with Crippen LogP contribution in [0, 0.1) is 0 Å². The lowest BCUT2D eigenvalue weighted by molar-refractivity contribution is -0.137. The maximum Gasteiger partial charge on any atom is 0.416 e. The molecule has 0 bridgehead atoms. The molecule has 0 aliphatic carbocycles. The Bertz CT molecular complexity index is 707. The Hall–Kier alpha value is -2.15. The number of hydrogen-bond acceptors (Lipinski definition) is 3. The van der Waals surface area contributed by atoms with E-state index in [1.807, 2.05) is 0 Å². The van der Waals surface area contributed by atoms with Gasteiger partial charge in [-0.1, -0.05) is 28.1 Å². The van der Waals surface area contributed by atoms with Crippen molar-refractivity contribution in [2.24, 2.45) is 0 Å². The molecule has 0 aliphatic rings. The first-order chi connectivity index (χ1) is 10.8. The second-order valence-electron chi connectivity index (χ2n) is 4.58.